The summed E-state index contributed by atoms with van der Waals surface area (Å²) in [4.78, 5) is 0. The SMILES string of the molecule is Cc1ccc2c(c1)c1ccccc1n2C1=CC=CC(C)C1. The standard InChI is InChI=1S/C20H19N/c1-14-6-5-7-16(12-14)21-19-9-4-3-8-17(19)18-13-15(2)10-11-20(18)21/h3-11,13-14H,12H2,1-2H3. The molecule has 1 aliphatic rings. The third-order valence-corrected chi connectivity index (χ3v) is 4.37. The maximum absolute atomic E-state index is 2.43. The lowest BCUT2D eigenvalue weighted by Gasteiger charge is -2.18. The number of nitrogens with zero attached hydrogens (tertiary/aromatic N) is 1. The van der Waals surface area contributed by atoms with Gasteiger partial charge >= 0.3 is 0 Å². The normalized spacial score (nSPS) is 18.4. The summed E-state index contributed by atoms with van der Waals surface area (Å²) in [6.07, 6.45) is 7.82. The Hall–Kier alpha value is -2.28. The van der Waals surface area contributed by atoms with Gasteiger partial charge in [-0.15, -0.1) is 0 Å². The summed E-state index contributed by atoms with van der Waals surface area (Å²) in [7, 11) is 0. The Labute approximate surface area is 125 Å². The highest BCUT2D eigenvalue weighted by Gasteiger charge is 2.15. The maximum atomic E-state index is 2.43. The summed E-state index contributed by atoms with van der Waals surface area (Å²) >= 11 is 0. The van der Waals surface area contributed by atoms with E-state index in [-0.39, 0.29) is 0 Å². The summed E-state index contributed by atoms with van der Waals surface area (Å²) in [6.45, 7) is 4.44. The van der Waals surface area contributed by atoms with E-state index in [2.05, 4.69) is 79.1 Å². The molecule has 0 aliphatic heterocycles. The summed E-state index contributed by atoms with van der Waals surface area (Å²) in [6, 6.07) is 15.5. The van der Waals surface area contributed by atoms with Crippen molar-refractivity contribution < 1.29 is 0 Å². The molecular formula is C20H19N. The zero-order valence-electron chi connectivity index (χ0n) is 12.5. The van der Waals surface area contributed by atoms with Gasteiger partial charge in [0.2, 0.25) is 0 Å². The van der Waals surface area contributed by atoms with Crippen molar-refractivity contribution >= 4 is 27.5 Å². The molecule has 1 heterocycles. The van der Waals surface area contributed by atoms with Crippen LogP contribution in [-0.2, 0) is 0 Å². The van der Waals surface area contributed by atoms with Gasteiger partial charge in [0.05, 0.1) is 11.0 Å². The van der Waals surface area contributed by atoms with Gasteiger partial charge in [-0.3, -0.25) is 0 Å². The summed E-state index contributed by atoms with van der Waals surface area (Å²) < 4.78 is 2.43. The maximum Gasteiger partial charge on any atom is 0.0538 e. The van der Waals surface area contributed by atoms with Crippen molar-refractivity contribution in [1.82, 2.24) is 4.57 Å². The van der Waals surface area contributed by atoms with Gasteiger partial charge in [0.1, 0.15) is 0 Å². The van der Waals surface area contributed by atoms with Crippen LogP contribution in [0.5, 0.6) is 0 Å². The molecule has 0 amide bonds. The van der Waals surface area contributed by atoms with Crippen LogP contribution >= 0.6 is 0 Å². The second-order valence-electron chi connectivity index (χ2n) is 6.10. The minimum Gasteiger partial charge on any atom is -0.313 e. The van der Waals surface area contributed by atoms with Crippen molar-refractivity contribution in [3.63, 3.8) is 0 Å². The highest BCUT2D eigenvalue weighted by molar-refractivity contribution is 6.10. The van der Waals surface area contributed by atoms with Crippen LogP contribution in [0.15, 0.2) is 60.7 Å². The van der Waals surface area contributed by atoms with E-state index in [1.54, 1.807) is 0 Å². The largest absolute Gasteiger partial charge is 0.313 e. The number of aromatic nitrogens is 1. The zero-order valence-corrected chi connectivity index (χ0v) is 12.5. The van der Waals surface area contributed by atoms with Crippen LogP contribution < -0.4 is 0 Å². The van der Waals surface area contributed by atoms with E-state index in [0.717, 1.165) is 6.42 Å². The molecule has 0 radical (unpaired) electrons. The third-order valence-electron chi connectivity index (χ3n) is 4.37. The lowest BCUT2D eigenvalue weighted by atomic mass is 10.00. The first-order valence-corrected chi connectivity index (χ1v) is 7.61. The molecule has 21 heavy (non-hydrogen) atoms. The molecule has 0 bridgehead atoms. The molecular weight excluding hydrogens is 254 g/mol. The van der Waals surface area contributed by atoms with Crippen LogP contribution in [0.1, 0.15) is 18.9 Å². The van der Waals surface area contributed by atoms with Crippen LogP contribution in [0.25, 0.3) is 27.5 Å². The average Bonchev–Trinajstić information content (AvgIpc) is 2.81. The fourth-order valence-corrected chi connectivity index (χ4v) is 3.38. The molecule has 1 unspecified atom stereocenters. The van der Waals surface area contributed by atoms with Gasteiger partial charge in [-0.05, 0) is 43.5 Å². The highest BCUT2D eigenvalue weighted by atomic mass is 15.0. The molecule has 3 aromatic rings. The number of hydrogen-bond donors (Lipinski definition) is 0. The van der Waals surface area contributed by atoms with Gasteiger partial charge in [0.15, 0.2) is 0 Å². The first-order chi connectivity index (χ1) is 10.2. The van der Waals surface area contributed by atoms with Gasteiger partial charge < -0.3 is 4.57 Å². The van der Waals surface area contributed by atoms with E-state index in [9.17, 15) is 0 Å². The van der Waals surface area contributed by atoms with Crippen LogP contribution in [0.3, 0.4) is 0 Å². The quantitative estimate of drug-likeness (QED) is 0.548. The van der Waals surface area contributed by atoms with Gasteiger partial charge in [-0.1, -0.05) is 48.9 Å². The van der Waals surface area contributed by atoms with Gasteiger partial charge in [0, 0.05) is 16.5 Å². The van der Waals surface area contributed by atoms with Crippen LogP contribution in [0.4, 0.5) is 0 Å². The smallest absolute Gasteiger partial charge is 0.0538 e. The summed E-state index contributed by atoms with van der Waals surface area (Å²) in [5.41, 5.74) is 5.33. The monoisotopic (exact) mass is 273 g/mol. The topological polar surface area (TPSA) is 4.93 Å². The first-order valence-electron chi connectivity index (χ1n) is 7.61. The van der Waals surface area contributed by atoms with Crippen molar-refractivity contribution in [2.45, 2.75) is 20.3 Å². The number of hydrogen-bond acceptors (Lipinski definition) is 0. The molecule has 4 rings (SSSR count). The van der Waals surface area contributed by atoms with E-state index in [1.165, 1.54) is 33.1 Å². The molecule has 0 saturated heterocycles. The predicted molar refractivity (Wildman–Crippen MR) is 91.4 cm³/mol. The Morgan fingerprint density at radius 3 is 2.67 bits per heavy atom. The number of benzene rings is 2. The lowest BCUT2D eigenvalue weighted by molar-refractivity contribution is 0.730. The molecule has 104 valence electrons. The van der Waals surface area contributed by atoms with E-state index < -0.39 is 0 Å². The zero-order chi connectivity index (χ0) is 14.4. The minimum absolute atomic E-state index is 0.603. The van der Waals surface area contributed by atoms with Crippen LogP contribution in [0.2, 0.25) is 0 Å². The molecule has 0 N–H and O–H groups in total. The number of para-hydroxylation sites is 1. The van der Waals surface area contributed by atoms with E-state index >= 15 is 0 Å². The Balaban J connectivity index is 2.11. The van der Waals surface area contributed by atoms with E-state index in [1.807, 2.05) is 0 Å². The Morgan fingerprint density at radius 2 is 1.81 bits per heavy atom. The summed E-state index contributed by atoms with van der Waals surface area (Å²) in [5, 5.41) is 2.70. The summed E-state index contributed by atoms with van der Waals surface area (Å²) in [5.74, 6) is 0.603. The Morgan fingerprint density at radius 1 is 1.00 bits per heavy atom. The predicted octanol–water partition coefficient (Wildman–Crippen LogP) is 5.54. The molecule has 0 fully saturated rings. The molecule has 1 atom stereocenters. The second-order valence-corrected chi connectivity index (χ2v) is 6.10. The van der Waals surface area contributed by atoms with Crippen LogP contribution in [-0.4, -0.2) is 4.57 Å². The van der Waals surface area contributed by atoms with Crippen molar-refractivity contribution in [1.29, 1.82) is 0 Å². The molecule has 0 spiro atoms. The van der Waals surface area contributed by atoms with Crippen LogP contribution in [0, 0.1) is 12.8 Å². The number of allylic oxidation sites excluding steroid dienone is 4. The molecule has 0 saturated carbocycles. The van der Waals surface area contributed by atoms with Crippen molar-refractivity contribution in [3.05, 3.63) is 66.3 Å². The molecule has 1 nitrogen and oxygen atoms in total. The molecule has 1 aromatic heterocycles. The van der Waals surface area contributed by atoms with Gasteiger partial charge in [-0.25, -0.2) is 0 Å². The highest BCUT2D eigenvalue weighted by Crippen LogP contribution is 2.35. The van der Waals surface area contributed by atoms with Gasteiger partial charge in [-0.2, -0.15) is 0 Å². The molecule has 1 aliphatic carbocycles. The Kier molecular flexibility index (Phi) is 2.75. The molecule has 1 heteroatoms. The minimum atomic E-state index is 0.603. The third kappa shape index (κ3) is 1.92. The van der Waals surface area contributed by atoms with E-state index in [4.69, 9.17) is 0 Å². The van der Waals surface area contributed by atoms with Crippen molar-refractivity contribution in [3.8, 4) is 0 Å². The number of rotatable bonds is 1. The first kappa shape index (κ1) is 12.5. The van der Waals surface area contributed by atoms with E-state index in [0.29, 0.717) is 5.92 Å². The van der Waals surface area contributed by atoms with Crippen molar-refractivity contribution in [2.24, 2.45) is 5.92 Å². The number of aryl methyl sites for hydroxylation is 1. The second kappa shape index (κ2) is 4.63. The molecule has 2 aromatic carbocycles. The Bertz CT molecular complexity index is 893. The fraction of sp³-hybridized carbons (Fsp3) is 0.200. The fourth-order valence-electron chi connectivity index (χ4n) is 3.38. The average molecular weight is 273 g/mol. The lowest BCUT2D eigenvalue weighted by Crippen LogP contribution is -2.03. The van der Waals surface area contributed by atoms with Gasteiger partial charge in [0.25, 0.3) is 0 Å². The van der Waals surface area contributed by atoms with Crippen molar-refractivity contribution in [2.75, 3.05) is 0 Å². The number of fused-ring (bicyclic) bond motifs is 3.